The summed E-state index contributed by atoms with van der Waals surface area (Å²) >= 11 is 12.5. The Bertz CT molecular complexity index is 415. The molecule has 2 heterocycles. The van der Waals surface area contributed by atoms with Crippen molar-refractivity contribution >= 4 is 34.8 Å². The summed E-state index contributed by atoms with van der Waals surface area (Å²) < 4.78 is 0. The first-order chi connectivity index (χ1) is 9.22. The largest absolute Gasteiger partial charge is 0.369 e. The van der Waals surface area contributed by atoms with Crippen LogP contribution in [0.3, 0.4) is 0 Å². The van der Waals surface area contributed by atoms with E-state index >= 15 is 0 Å². The summed E-state index contributed by atoms with van der Waals surface area (Å²) in [6.45, 7) is 4.88. The lowest BCUT2D eigenvalue weighted by Gasteiger charge is -2.27. The lowest BCUT2D eigenvalue weighted by Crippen LogP contribution is -2.28. The number of nitrogens with one attached hydrogen (secondary N) is 1. The predicted molar refractivity (Wildman–Crippen MR) is 83.7 cm³/mol. The summed E-state index contributed by atoms with van der Waals surface area (Å²) in [7, 11) is 0. The van der Waals surface area contributed by atoms with E-state index in [4.69, 9.17) is 23.2 Å². The smallest absolute Gasteiger partial charge is 0.149 e. The molecule has 0 aliphatic carbocycles. The van der Waals surface area contributed by atoms with E-state index in [9.17, 15) is 0 Å². The van der Waals surface area contributed by atoms with Crippen LogP contribution in [-0.4, -0.2) is 24.6 Å². The Balaban J connectivity index is 2.23. The Morgan fingerprint density at radius 2 is 1.74 bits per heavy atom. The molecule has 1 aliphatic heterocycles. The van der Waals surface area contributed by atoms with Gasteiger partial charge in [-0.05, 0) is 25.8 Å². The van der Waals surface area contributed by atoms with Crippen molar-refractivity contribution in [1.29, 1.82) is 0 Å². The second-order valence-electron chi connectivity index (χ2n) is 4.91. The lowest BCUT2D eigenvalue weighted by atomic mass is 10.1. The molecule has 0 bridgehead atoms. The van der Waals surface area contributed by atoms with Crippen LogP contribution in [0.15, 0.2) is 6.07 Å². The minimum atomic E-state index is 0.586. The number of hydrogen-bond acceptors (Lipinski definition) is 3. The van der Waals surface area contributed by atoms with E-state index in [0.717, 1.165) is 31.3 Å². The Kier molecular flexibility index (Phi) is 5.59. The highest BCUT2D eigenvalue weighted by Crippen LogP contribution is 2.32. The molecular weight excluding hydrogens is 281 g/mol. The number of halogens is 2. The van der Waals surface area contributed by atoms with Crippen molar-refractivity contribution in [2.45, 2.75) is 39.0 Å². The Labute approximate surface area is 125 Å². The third kappa shape index (κ3) is 3.90. The van der Waals surface area contributed by atoms with Gasteiger partial charge in [-0.1, -0.05) is 42.5 Å². The van der Waals surface area contributed by atoms with Crippen LogP contribution in [0, 0.1) is 0 Å². The van der Waals surface area contributed by atoms with Gasteiger partial charge in [-0.2, -0.15) is 0 Å². The van der Waals surface area contributed by atoms with Gasteiger partial charge in [0.25, 0.3) is 0 Å². The normalized spacial score (nSPS) is 16.9. The van der Waals surface area contributed by atoms with Crippen LogP contribution >= 0.6 is 23.2 Å². The van der Waals surface area contributed by atoms with Crippen molar-refractivity contribution in [2.24, 2.45) is 0 Å². The summed E-state index contributed by atoms with van der Waals surface area (Å²) in [6.07, 6.45) is 6.34. The number of pyridine rings is 1. The third-order valence-electron chi connectivity index (χ3n) is 3.41. The number of anilines is 2. The van der Waals surface area contributed by atoms with Crippen LogP contribution in [0.2, 0.25) is 10.0 Å². The number of nitrogens with zero attached hydrogens (tertiary/aromatic N) is 2. The number of aromatic nitrogens is 1. The quantitative estimate of drug-likeness (QED) is 0.885. The fourth-order valence-electron chi connectivity index (χ4n) is 2.43. The van der Waals surface area contributed by atoms with Gasteiger partial charge in [0.2, 0.25) is 0 Å². The van der Waals surface area contributed by atoms with Gasteiger partial charge in [0.1, 0.15) is 11.6 Å². The highest BCUT2D eigenvalue weighted by molar-refractivity contribution is 6.37. The molecule has 0 saturated carbocycles. The zero-order valence-electron chi connectivity index (χ0n) is 11.4. The van der Waals surface area contributed by atoms with E-state index in [1.54, 1.807) is 6.07 Å². The lowest BCUT2D eigenvalue weighted by molar-refractivity contribution is 0.554. The molecule has 0 amide bonds. The van der Waals surface area contributed by atoms with Gasteiger partial charge in [0.15, 0.2) is 0 Å². The molecule has 1 aliphatic rings. The predicted octanol–water partition coefficient (Wildman–Crippen LogP) is 4.59. The van der Waals surface area contributed by atoms with Crippen molar-refractivity contribution in [1.82, 2.24) is 4.98 Å². The Morgan fingerprint density at radius 1 is 1.11 bits per heavy atom. The van der Waals surface area contributed by atoms with E-state index in [1.165, 1.54) is 32.1 Å². The van der Waals surface area contributed by atoms with E-state index in [-0.39, 0.29) is 0 Å². The molecule has 0 atom stereocenters. The van der Waals surface area contributed by atoms with E-state index in [2.05, 4.69) is 15.2 Å². The second-order valence-corrected chi connectivity index (χ2v) is 5.72. The first kappa shape index (κ1) is 14.7. The third-order valence-corrected chi connectivity index (χ3v) is 3.98. The van der Waals surface area contributed by atoms with Crippen molar-refractivity contribution in [3.8, 4) is 0 Å². The topological polar surface area (TPSA) is 28.2 Å². The summed E-state index contributed by atoms with van der Waals surface area (Å²) in [5, 5.41) is 4.41. The standard InChI is InChI=1S/C14H21Cl2N3/c1-2-17-13-11(15)10-12(16)14(18-13)19-8-6-4-3-5-7-9-19/h10H,2-9H2,1H3,(H,17,18). The van der Waals surface area contributed by atoms with Crippen molar-refractivity contribution < 1.29 is 0 Å². The number of rotatable bonds is 3. The number of hydrogen-bond donors (Lipinski definition) is 1. The molecule has 1 saturated heterocycles. The fraction of sp³-hybridized carbons (Fsp3) is 0.643. The first-order valence-electron chi connectivity index (χ1n) is 7.07. The summed E-state index contributed by atoms with van der Waals surface area (Å²) in [5.74, 6) is 1.59. The highest BCUT2D eigenvalue weighted by atomic mass is 35.5. The minimum absolute atomic E-state index is 0.586. The molecule has 106 valence electrons. The van der Waals surface area contributed by atoms with Crippen molar-refractivity contribution in [3.63, 3.8) is 0 Å². The maximum absolute atomic E-state index is 6.31. The van der Waals surface area contributed by atoms with Gasteiger partial charge >= 0.3 is 0 Å². The Hall–Kier alpha value is -0.670. The SMILES string of the molecule is CCNc1nc(N2CCCCCCC2)c(Cl)cc1Cl. The molecule has 0 unspecified atom stereocenters. The molecular formula is C14H21Cl2N3. The molecule has 5 heteroatoms. The zero-order valence-corrected chi connectivity index (χ0v) is 12.9. The highest BCUT2D eigenvalue weighted by Gasteiger charge is 2.16. The molecule has 0 radical (unpaired) electrons. The minimum Gasteiger partial charge on any atom is -0.369 e. The molecule has 3 nitrogen and oxygen atoms in total. The molecule has 0 aromatic carbocycles. The summed E-state index contributed by atoms with van der Waals surface area (Å²) in [6, 6.07) is 1.79. The van der Waals surface area contributed by atoms with Crippen LogP contribution in [0.5, 0.6) is 0 Å². The first-order valence-corrected chi connectivity index (χ1v) is 7.83. The average Bonchev–Trinajstić information content (AvgIpc) is 2.33. The second kappa shape index (κ2) is 7.20. The molecule has 1 aromatic rings. The Morgan fingerprint density at radius 3 is 2.37 bits per heavy atom. The monoisotopic (exact) mass is 301 g/mol. The average molecular weight is 302 g/mol. The van der Waals surface area contributed by atoms with Gasteiger partial charge in [0.05, 0.1) is 10.0 Å². The van der Waals surface area contributed by atoms with E-state index in [0.29, 0.717) is 10.0 Å². The van der Waals surface area contributed by atoms with Crippen molar-refractivity contribution in [3.05, 3.63) is 16.1 Å². The molecule has 19 heavy (non-hydrogen) atoms. The van der Waals surface area contributed by atoms with Crippen molar-refractivity contribution in [2.75, 3.05) is 29.9 Å². The van der Waals surface area contributed by atoms with E-state index in [1.807, 2.05) is 6.92 Å². The zero-order chi connectivity index (χ0) is 13.7. The maximum atomic E-state index is 6.31. The van der Waals surface area contributed by atoms with Crippen LogP contribution in [0.4, 0.5) is 11.6 Å². The van der Waals surface area contributed by atoms with Crippen LogP contribution in [-0.2, 0) is 0 Å². The molecule has 0 spiro atoms. The van der Waals surface area contributed by atoms with Gasteiger partial charge < -0.3 is 10.2 Å². The van der Waals surface area contributed by atoms with Gasteiger partial charge in [0, 0.05) is 19.6 Å². The molecule has 1 N–H and O–H groups in total. The summed E-state index contributed by atoms with van der Waals surface area (Å²) in [4.78, 5) is 6.90. The maximum Gasteiger partial charge on any atom is 0.149 e. The molecule has 2 rings (SSSR count). The van der Waals surface area contributed by atoms with Crippen LogP contribution in [0.25, 0.3) is 0 Å². The van der Waals surface area contributed by atoms with Crippen LogP contribution < -0.4 is 10.2 Å². The van der Waals surface area contributed by atoms with Gasteiger partial charge in [-0.15, -0.1) is 0 Å². The molecule has 1 fully saturated rings. The molecule has 1 aromatic heterocycles. The van der Waals surface area contributed by atoms with Gasteiger partial charge in [-0.25, -0.2) is 4.98 Å². The van der Waals surface area contributed by atoms with E-state index < -0.39 is 0 Å². The van der Waals surface area contributed by atoms with Gasteiger partial charge in [-0.3, -0.25) is 0 Å². The fourth-order valence-corrected chi connectivity index (χ4v) is 2.97. The van der Waals surface area contributed by atoms with Crippen LogP contribution in [0.1, 0.15) is 39.0 Å². The summed E-state index contributed by atoms with van der Waals surface area (Å²) in [5.41, 5.74) is 0.